The molecular weight excluding hydrogens is 302 g/mol. The topological polar surface area (TPSA) is 95.7 Å². The standard InChI is InChI=1S/C16H15NO6/c1-9(18)22-15-8-11(16-13(19)6-7-14(16)23-15)10-4-2-3-5-12(10)17(20)21/h2-5,11,15H,6-8H2,1H3/t11-,15-/m0/s1. The monoisotopic (exact) mass is 317 g/mol. The third kappa shape index (κ3) is 2.81. The van der Waals surface area contributed by atoms with Crippen LogP contribution in [-0.2, 0) is 19.1 Å². The van der Waals surface area contributed by atoms with Gasteiger partial charge in [0.2, 0.25) is 6.29 Å². The Morgan fingerprint density at radius 1 is 1.35 bits per heavy atom. The van der Waals surface area contributed by atoms with Gasteiger partial charge in [0.05, 0.1) is 4.92 Å². The largest absolute Gasteiger partial charge is 0.459 e. The van der Waals surface area contributed by atoms with Crippen molar-refractivity contribution in [1.29, 1.82) is 0 Å². The van der Waals surface area contributed by atoms with E-state index in [2.05, 4.69) is 0 Å². The minimum Gasteiger partial charge on any atom is -0.459 e. The van der Waals surface area contributed by atoms with Crippen LogP contribution in [0, 0.1) is 10.1 Å². The molecule has 0 saturated carbocycles. The van der Waals surface area contributed by atoms with Crippen LogP contribution in [0.15, 0.2) is 35.6 Å². The summed E-state index contributed by atoms with van der Waals surface area (Å²) in [6, 6.07) is 6.31. The van der Waals surface area contributed by atoms with Gasteiger partial charge in [0.1, 0.15) is 5.76 Å². The first kappa shape index (κ1) is 15.2. The van der Waals surface area contributed by atoms with Crippen molar-refractivity contribution in [3.63, 3.8) is 0 Å². The Balaban J connectivity index is 2.05. The molecule has 0 aromatic heterocycles. The molecule has 120 valence electrons. The maximum absolute atomic E-state index is 12.2. The Bertz CT molecular complexity index is 723. The first-order chi connectivity index (χ1) is 11.0. The number of nitro groups is 1. The number of carbonyl (C=O) groups excluding carboxylic acids is 2. The minimum absolute atomic E-state index is 0.0486. The summed E-state index contributed by atoms with van der Waals surface area (Å²) < 4.78 is 10.7. The molecule has 1 aromatic rings. The fourth-order valence-corrected chi connectivity index (χ4v) is 3.17. The van der Waals surface area contributed by atoms with Crippen LogP contribution >= 0.6 is 0 Å². The van der Waals surface area contributed by atoms with E-state index in [0.717, 1.165) is 0 Å². The van der Waals surface area contributed by atoms with Gasteiger partial charge >= 0.3 is 5.97 Å². The molecule has 23 heavy (non-hydrogen) atoms. The van der Waals surface area contributed by atoms with Crippen molar-refractivity contribution in [1.82, 2.24) is 0 Å². The highest BCUT2D eigenvalue weighted by molar-refractivity contribution is 6.00. The lowest BCUT2D eigenvalue weighted by molar-refractivity contribution is -0.385. The molecule has 3 rings (SSSR count). The van der Waals surface area contributed by atoms with Crippen LogP contribution in [0.2, 0.25) is 0 Å². The molecule has 0 spiro atoms. The number of hydrogen-bond acceptors (Lipinski definition) is 6. The van der Waals surface area contributed by atoms with E-state index in [9.17, 15) is 19.7 Å². The third-order valence-electron chi connectivity index (χ3n) is 4.04. The summed E-state index contributed by atoms with van der Waals surface area (Å²) in [5, 5.41) is 11.3. The van der Waals surface area contributed by atoms with Gasteiger partial charge in [-0.25, -0.2) is 0 Å². The van der Waals surface area contributed by atoms with Crippen molar-refractivity contribution in [3.05, 3.63) is 51.3 Å². The SMILES string of the molecule is CC(=O)O[C@@H]1C[C@@H](c2ccccc2[N+](=O)[O-])C2=C(CCC2=O)O1. The number of esters is 1. The molecule has 2 aliphatic rings. The van der Waals surface area contributed by atoms with Gasteiger partial charge in [-0.3, -0.25) is 19.7 Å². The van der Waals surface area contributed by atoms with Crippen LogP contribution < -0.4 is 0 Å². The van der Waals surface area contributed by atoms with Crippen LogP contribution in [0.25, 0.3) is 0 Å². The maximum atomic E-state index is 12.2. The highest BCUT2D eigenvalue weighted by atomic mass is 16.7. The number of para-hydroxylation sites is 1. The number of carbonyl (C=O) groups is 2. The van der Waals surface area contributed by atoms with Crippen LogP contribution in [0.3, 0.4) is 0 Å². The smallest absolute Gasteiger partial charge is 0.305 e. The van der Waals surface area contributed by atoms with Crippen LogP contribution in [0.4, 0.5) is 5.69 Å². The third-order valence-corrected chi connectivity index (χ3v) is 4.04. The molecule has 0 amide bonds. The lowest BCUT2D eigenvalue weighted by Crippen LogP contribution is -2.29. The van der Waals surface area contributed by atoms with E-state index >= 15 is 0 Å². The number of rotatable bonds is 3. The molecule has 7 heteroatoms. The molecule has 0 saturated heterocycles. The first-order valence-corrected chi connectivity index (χ1v) is 7.30. The Kier molecular flexibility index (Phi) is 3.85. The lowest BCUT2D eigenvalue weighted by Gasteiger charge is -2.30. The van der Waals surface area contributed by atoms with Crippen LogP contribution in [0.5, 0.6) is 0 Å². The van der Waals surface area contributed by atoms with Crippen molar-refractivity contribution in [3.8, 4) is 0 Å². The summed E-state index contributed by atoms with van der Waals surface area (Å²) in [4.78, 5) is 34.2. The Labute approximate surface area is 132 Å². The molecule has 0 N–H and O–H groups in total. The summed E-state index contributed by atoms with van der Waals surface area (Å²) >= 11 is 0. The zero-order valence-corrected chi connectivity index (χ0v) is 12.5. The zero-order chi connectivity index (χ0) is 16.6. The lowest BCUT2D eigenvalue weighted by atomic mass is 9.84. The van der Waals surface area contributed by atoms with Gasteiger partial charge in [0, 0.05) is 49.3 Å². The number of Topliss-reactive ketones (excluding diaryl/α,β-unsaturated/α-hetero) is 1. The average Bonchev–Trinajstić information content (AvgIpc) is 2.87. The number of ketones is 1. The summed E-state index contributed by atoms with van der Waals surface area (Å²) in [5.74, 6) is -0.579. The Morgan fingerprint density at radius 3 is 2.78 bits per heavy atom. The number of nitrogens with zero attached hydrogens (tertiary/aromatic N) is 1. The predicted molar refractivity (Wildman–Crippen MR) is 78.4 cm³/mol. The second-order valence-electron chi connectivity index (χ2n) is 5.52. The molecule has 1 aliphatic heterocycles. The number of ether oxygens (including phenoxy) is 2. The van der Waals surface area contributed by atoms with E-state index in [1.165, 1.54) is 13.0 Å². The Morgan fingerprint density at radius 2 is 2.09 bits per heavy atom. The molecular formula is C16H15NO6. The molecule has 1 heterocycles. The van der Waals surface area contributed by atoms with Crippen molar-refractivity contribution in [2.75, 3.05) is 0 Å². The number of nitro benzene ring substituents is 1. The van der Waals surface area contributed by atoms with Crippen LogP contribution in [0.1, 0.15) is 37.7 Å². The molecule has 0 fully saturated rings. The highest BCUT2D eigenvalue weighted by Gasteiger charge is 2.41. The van der Waals surface area contributed by atoms with Crippen molar-refractivity contribution in [2.24, 2.45) is 0 Å². The molecule has 1 aliphatic carbocycles. The first-order valence-electron chi connectivity index (χ1n) is 7.30. The van der Waals surface area contributed by atoms with Gasteiger partial charge in [-0.05, 0) is 0 Å². The van der Waals surface area contributed by atoms with Gasteiger partial charge in [0.15, 0.2) is 5.78 Å². The fourth-order valence-electron chi connectivity index (χ4n) is 3.17. The molecule has 0 radical (unpaired) electrons. The summed E-state index contributed by atoms with van der Waals surface area (Å²) in [6.07, 6.45) is 0.106. The quantitative estimate of drug-likeness (QED) is 0.483. The molecule has 7 nitrogen and oxygen atoms in total. The molecule has 0 bridgehead atoms. The average molecular weight is 317 g/mol. The fraction of sp³-hybridized carbons (Fsp3) is 0.375. The second kappa shape index (κ2) is 5.83. The molecule has 2 atom stereocenters. The van der Waals surface area contributed by atoms with E-state index in [0.29, 0.717) is 29.7 Å². The van der Waals surface area contributed by atoms with Gasteiger partial charge < -0.3 is 9.47 Å². The molecule has 0 unspecified atom stereocenters. The summed E-state index contributed by atoms with van der Waals surface area (Å²) in [7, 11) is 0. The van der Waals surface area contributed by atoms with Crippen molar-refractivity contribution >= 4 is 17.4 Å². The van der Waals surface area contributed by atoms with Gasteiger partial charge in [0.25, 0.3) is 5.69 Å². The minimum atomic E-state index is -0.832. The number of benzene rings is 1. The zero-order valence-electron chi connectivity index (χ0n) is 12.5. The van der Waals surface area contributed by atoms with Gasteiger partial charge in [-0.15, -0.1) is 0 Å². The van der Waals surface area contributed by atoms with Gasteiger partial charge in [-0.2, -0.15) is 0 Å². The van der Waals surface area contributed by atoms with E-state index in [1.54, 1.807) is 18.2 Å². The number of allylic oxidation sites excluding steroid dienone is 2. The van der Waals surface area contributed by atoms with Crippen molar-refractivity contribution in [2.45, 2.75) is 38.4 Å². The maximum Gasteiger partial charge on any atom is 0.305 e. The molecule has 1 aromatic carbocycles. The van der Waals surface area contributed by atoms with E-state index in [1.807, 2.05) is 0 Å². The van der Waals surface area contributed by atoms with Gasteiger partial charge in [-0.1, -0.05) is 18.2 Å². The predicted octanol–water partition coefficient (Wildman–Crippen LogP) is 2.60. The number of hydrogen-bond donors (Lipinski definition) is 0. The van der Waals surface area contributed by atoms with Crippen LogP contribution in [-0.4, -0.2) is 23.0 Å². The Hall–Kier alpha value is -2.70. The van der Waals surface area contributed by atoms with E-state index in [4.69, 9.17) is 9.47 Å². The summed E-state index contributed by atoms with van der Waals surface area (Å²) in [6.45, 7) is 1.27. The second-order valence-corrected chi connectivity index (χ2v) is 5.52. The van der Waals surface area contributed by atoms with Crippen molar-refractivity contribution < 1.29 is 24.0 Å². The summed E-state index contributed by atoms with van der Waals surface area (Å²) in [5.41, 5.74) is 0.871. The van der Waals surface area contributed by atoms with E-state index in [-0.39, 0.29) is 17.9 Å². The van der Waals surface area contributed by atoms with E-state index < -0.39 is 23.1 Å². The normalized spacial score (nSPS) is 23.3. The highest BCUT2D eigenvalue weighted by Crippen LogP contribution is 2.45.